The van der Waals surface area contributed by atoms with Crippen LogP contribution in [0.2, 0.25) is 0 Å². The Bertz CT molecular complexity index is 773. The Hall–Kier alpha value is -2.52. The van der Waals surface area contributed by atoms with Crippen molar-refractivity contribution in [2.75, 3.05) is 27.8 Å². The van der Waals surface area contributed by atoms with Crippen molar-refractivity contribution in [1.29, 1.82) is 0 Å². The molecule has 0 aromatic heterocycles. The second-order valence-electron chi connectivity index (χ2n) is 6.21. The highest BCUT2D eigenvalue weighted by atomic mass is 16.7. The van der Waals surface area contributed by atoms with Gasteiger partial charge in [0, 0.05) is 30.9 Å². The standard InChI is InChI=1S/C22H26O5/c1-16(2)22-20(26-14-24-3)11-17(12-21(22)27-15-25-4)9-10-18-7-5-6-8-19(18)13-23/h5-8,11-12,16,23H,13-15H2,1-4H3. The van der Waals surface area contributed by atoms with Gasteiger partial charge in [0.05, 0.1) is 6.61 Å². The van der Waals surface area contributed by atoms with Crippen LogP contribution in [0.5, 0.6) is 11.5 Å². The fourth-order valence-electron chi connectivity index (χ4n) is 2.65. The molecule has 0 unspecified atom stereocenters. The van der Waals surface area contributed by atoms with Gasteiger partial charge in [0.15, 0.2) is 13.6 Å². The van der Waals surface area contributed by atoms with Crippen molar-refractivity contribution in [1.82, 2.24) is 0 Å². The summed E-state index contributed by atoms with van der Waals surface area (Å²) in [6.07, 6.45) is 0. The van der Waals surface area contributed by atoms with E-state index in [1.54, 1.807) is 14.2 Å². The van der Waals surface area contributed by atoms with Crippen LogP contribution in [0, 0.1) is 11.8 Å². The highest BCUT2D eigenvalue weighted by molar-refractivity contribution is 5.56. The van der Waals surface area contributed by atoms with Crippen LogP contribution in [0.25, 0.3) is 0 Å². The minimum Gasteiger partial charge on any atom is -0.467 e. The average Bonchev–Trinajstić information content (AvgIpc) is 2.68. The molecule has 2 rings (SSSR count). The monoisotopic (exact) mass is 370 g/mol. The molecule has 144 valence electrons. The van der Waals surface area contributed by atoms with Gasteiger partial charge in [-0.25, -0.2) is 0 Å². The molecular weight excluding hydrogens is 344 g/mol. The van der Waals surface area contributed by atoms with Crippen LogP contribution in [0.1, 0.15) is 42.0 Å². The number of rotatable bonds is 8. The number of methoxy groups -OCH3 is 2. The zero-order valence-corrected chi connectivity index (χ0v) is 16.2. The first kappa shape index (κ1) is 20.8. The second-order valence-corrected chi connectivity index (χ2v) is 6.21. The van der Waals surface area contributed by atoms with Crippen LogP contribution in [0.4, 0.5) is 0 Å². The third-order valence-corrected chi connectivity index (χ3v) is 3.88. The zero-order chi connectivity index (χ0) is 19.6. The van der Waals surface area contributed by atoms with Crippen molar-refractivity contribution in [2.45, 2.75) is 26.4 Å². The molecule has 0 heterocycles. The maximum atomic E-state index is 9.46. The van der Waals surface area contributed by atoms with Gasteiger partial charge < -0.3 is 24.1 Å². The summed E-state index contributed by atoms with van der Waals surface area (Å²) in [6, 6.07) is 11.3. The predicted molar refractivity (Wildman–Crippen MR) is 104 cm³/mol. The number of aliphatic hydroxyl groups excluding tert-OH is 1. The lowest BCUT2D eigenvalue weighted by Crippen LogP contribution is -2.07. The Labute approximate surface area is 160 Å². The van der Waals surface area contributed by atoms with Gasteiger partial charge in [-0.2, -0.15) is 0 Å². The van der Waals surface area contributed by atoms with Gasteiger partial charge in [-0.1, -0.05) is 43.9 Å². The lowest BCUT2D eigenvalue weighted by atomic mass is 9.98. The molecule has 0 aliphatic rings. The van der Waals surface area contributed by atoms with E-state index in [0.29, 0.717) is 11.5 Å². The topological polar surface area (TPSA) is 57.2 Å². The average molecular weight is 370 g/mol. The quantitative estimate of drug-likeness (QED) is 0.568. The van der Waals surface area contributed by atoms with Crippen LogP contribution in [0.3, 0.4) is 0 Å². The Morgan fingerprint density at radius 2 is 1.52 bits per heavy atom. The van der Waals surface area contributed by atoms with Gasteiger partial charge in [-0.05, 0) is 29.7 Å². The van der Waals surface area contributed by atoms with Crippen LogP contribution >= 0.6 is 0 Å². The SMILES string of the molecule is COCOc1cc(C#Cc2ccccc2CO)cc(OCOC)c1C(C)C. The summed E-state index contributed by atoms with van der Waals surface area (Å²) in [4.78, 5) is 0. The minimum atomic E-state index is -0.0540. The van der Waals surface area contributed by atoms with Crippen LogP contribution < -0.4 is 9.47 Å². The van der Waals surface area contributed by atoms with Crippen molar-refractivity contribution in [2.24, 2.45) is 0 Å². The van der Waals surface area contributed by atoms with Crippen molar-refractivity contribution >= 4 is 0 Å². The van der Waals surface area contributed by atoms with E-state index >= 15 is 0 Å². The maximum Gasteiger partial charge on any atom is 0.188 e. The van der Waals surface area contributed by atoms with E-state index in [0.717, 1.165) is 22.3 Å². The summed E-state index contributed by atoms with van der Waals surface area (Å²) in [7, 11) is 3.15. The summed E-state index contributed by atoms with van der Waals surface area (Å²) in [5.41, 5.74) is 3.25. The molecule has 0 radical (unpaired) electrons. The van der Waals surface area contributed by atoms with Gasteiger partial charge in [0.25, 0.3) is 0 Å². The number of hydrogen-bond donors (Lipinski definition) is 1. The molecule has 0 fully saturated rings. The molecule has 2 aromatic carbocycles. The molecule has 27 heavy (non-hydrogen) atoms. The number of aliphatic hydroxyl groups is 1. The summed E-state index contributed by atoms with van der Waals surface area (Å²) in [6.45, 7) is 4.35. The molecule has 0 saturated heterocycles. The third kappa shape index (κ3) is 5.73. The van der Waals surface area contributed by atoms with E-state index < -0.39 is 0 Å². The Kier molecular flexibility index (Phi) is 8.15. The van der Waals surface area contributed by atoms with E-state index in [2.05, 4.69) is 25.7 Å². The van der Waals surface area contributed by atoms with E-state index in [9.17, 15) is 5.11 Å². The van der Waals surface area contributed by atoms with E-state index in [1.807, 2.05) is 36.4 Å². The highest BCUT2D eigenvalue weighted by Crippen LogP contribution is 2.36. The second kappa shape index (κ2) is 10.6. The fourth-order valence-corrected chi connectivity index (χ4v) is 2.65. The Morgan fingerprint density at radius 3 is 2.04 bits per heavy atom. The molecular formula is C22H26O5. The van der Waals surface area contributed by atoms with Crippen molar-refractivity contribution < 1.29 is 24.1 Å². The lowest BCUT2D eigenvalue weighted by molar-refractivity contribution is 0.0443. The third-order valence-electron chi connectivity index (χ3n) is 3.88. The van der Waals surface area contributed by atoms with Gasteiger partial charge >= 0.3 is 0 Å². The van der Waals surface area contributed by atoms with Gasteiger partial charge in [-0.15, -0.1) is 0 Å². The zero-order valence-electron chi connectivity index (χ0n) is 16.2. The lowest BCUT2D eigenvalue weighted by Gasteiger charge is -2.19. The number of hydrogen-bond acceptors (Lipinski definition) is 5. The summed E-state index contributed by atoms with van der Waals surface area (Å²) < 4.78 is 21.6. The van der Waals surface area contributed by atoms with Gasteiger partial charge in [-0.3, -0.25) is 0 Å². The summed E-state index contributed by atoms with van der Waals surface area (Å²) in [5.74, 6) is 7.76. The molecule has 0 amide bonds. The molecule has 0 saturated carbocycles. The molecule has 0 bridgehead atoms. The van der Waals surface area contributed by atoms with Gasteiger partial charge in [0.2, 0.25) is 0 Å². The van der Waals surface area contributed by atoms with Crippen molar-refractivity contribution in [3.63, 3.8) is 0 Å². The fraction of sp³-hybridized carbons (Fsp3) is 0.364. The molecule has 0 atom stereocenters. The molecule has 1 N–H and O–H groups in total. The number of benzene rings is 2. The first-order valence-electron chi connectivity index (χ1n) is 8.72. The van der Waals surface area contributed by atoms with Crippen LogP contribution in [0.15, 0.2) is 36.4 Å². The largest absolute Gasteiger partial charge is 0.467 e. The maximum absolute atomic E-state index is 9.46. The normalized spacial score (nSPS) is 10.4. The molecule has 0 aliphatic carbocycles. The van der Waals surface area contributed by atoms with Crippen molar-refractivity contribution in [3.05, 3.63) is 58.7 Å². The van der Waals surface area contributed by atoms with E-state index in [-0.39, 0.29) is 26.1 Å². The first-order chi connectivity index (χ1) is 13.1. The van der Waals surface area contributed by atoms with Crippen LogP contribution in [-0.4, -0.2) is 32.9 Å². The molecule has 0 spiro atoms. The Morgan fingerprint density at radius 1 is 0.926 bits per heavy atom. The predicted octanol–water partition coefficient (Wildman–Crippen LogP) is 3.67. The number of ether oxygens (including phenoxy) is 4. The van der Waals surface area contributed by atoms with Crippen molar-refractivity contribution in [3.8, 4) is 23.3 Å². The van der Waals surface area contributed by atoms with Gasteiger partial charge in [0.1, 0.15) is 11.5 Å². The summed E-state index contributed by atoms with van der Waals surface area (Å²) in [5, 5.41) is 9.46. The Balaban J connectivity index is 2.48. The smallest absolute Gasteiger partial charge is 0.188 e. The minimum absolute atomic E-state index is 0.0540. The summed E-state index contributed by atoms with van der Waals surface area (Å²) >= 11 is 0. The van der Waals surface area contributed by atoms with E-state index in [1.165, 1.54) is 0 Å². The van der Waals surface area contributed by atoms with Crippen LogP contribution in [-0.2, 0) is 16.1 Å². The van der Waals surface area contributed by atoms with E-state index in [4.69, 9.17) is 18.9 Å². The molecule has 0 aliphatic heterocycles. The molecule has 5 heteroatoms. The highest BCUT2D eigenvalue weighted by Gasteiger charge is 2.17. The first-order valence-corrected chi connectivity index (χ1v) is 8.72. The molecule has 5 nitrogen and oxygen atoms in total. The molecule has 2 aromatic rings.